The molecule has 0 bridgehead atoms. The molecule has 0 unspecified atom stereocenters. The Hall–Kier alpha value is -1.47. The van der Waals surface area contributed by atoms with Crippen LogP contribution in [0.5, 0.6) is 0 Å². The average molecular weight is 260 g/mol. The first-order chi connectivity index (χ1) is 8.69. The minimum Gasteiger partial charge on any atom is -0.381 e. The fourth-order valence-corrected chi connectivity index (χ4v) is 2.23. The number of nitrogens with one attached hydrogen (secondary N) is 1. The van der Waals surface area contributed by atoms with Gasteiger partial charge in [0.25, 0.3) is 0 Å². The topological polar surface area (TPSA) is 12.0 Å². The van der Waals surface area contributed by atoms with Crippen LogP contribution in [0.2, 0.25) is 5.02 Å². The summed E-state index contributed by atoms with van der Waals surface area (Å²) < 4.78 is 0. The summed E-state index contributed by atoms with van der Waals surface area (Å²) in [6, 6.07) is 14.5. The minimum absolute atomic E-state index is 0.785. The largest absolute Gasteiger partial charge is 0.381 e. The Kier molecular flexibility index (Phi) is 4.27. The van der Waals surface area contributed by atoms with E-state index >= 15 is 0 Å². The summed E-state index contributed by atoms with van der Waals surface area (Å²) in [4.78, 5) is 0. The van der Waals surface area contributed by atoms with Gasteiger partial charge >= 0.3 is 0 Å². The Morgan fingerprint density at radius 2 is 1.94 bits per heavy atom. The van der Waals surface area contributed by atoms with Crippen molar-refractivity contribution < 1.29 is 0 Å². The summed E-state index contributed by atoms with van der Waals surface area (Å²) in [5, 5.41) is 4.22. The van der Waals surface area contributed by atoms with Gasteiger partial charge in [0.15, 0.2) is 0 Å². The first-order valence-electron chi connectivity index (χ1n) is 6.27. The van der Waals surface area contributed by atoms with Crippen LogP contribution in [0.25, 0.3) is 0 Å². The zero-order chi connectivity index (χ0) is 13.0. The second-order valence-corrected chi connectivity index (χ2v) is 4.91. The maximum absolute atomic E-state index is 5.97. The van der Waals surface area contributed by atoms with Crippen LogP contribution in [0.4, 0.5) is 5.69 Å². The lowest BCUT2D eigenvalue weighted by Crippen LogP contribution is -2.00. The molecule has 0 saturated heterocycles. The number of hydrogen-bond acceptors (Lipinski definition) is 1. The zero-order valence-corrected chi connectivity index (χ0v) is 11.6. The number of rotatable bonds is 4. The number of anilines is 1. The second-order valence-electron chi connectivity index (χ2n) is 4.48. The van der Waals surface area contributed by atoms with Gasteiger partial charge in [0.05, 0.1) is 0 Å². The Morgan fingerprint density at radius 1 is 1.11 bits per heavy atom. The van der Waals surface area contributed by atoms with E-state index in [0.717, 1.165) is 23.7 Å². The molecule has 2 aromatic carbocycles. The van der Waals surface area contributed by atoms with Crippen LogP contribution in [0.3, 0.4) is 0 Å². The van der Waals surface area contributed by atoms with Crippen LogP contribution >= 0.6 is 11.6 Å². The fraction of sp³-hybridized carbons (Fsp3) is 0.250. The smallest absolute Gasteiger partial charge is 0.0409 e. The van der Waals surface area contributed by atoms with Gasteiger partial charge in [0, 0.05) is 17.3 Å². The maximum atomic E-state index is 5.97. The molecule has 0 saturated carbocycles. The Bertz CT molecular complexity index is 534. The van der Waals surface area contributed by atoms with Crippen LogP contribution in [0.15, 0.2) is 42.5 Å². The van der Waals surface area contributed by atoms with E-state index in [1.165, 1.54) is 16.7 Å². The van der Waals surface area contributed by atoms with Crippen LogP contribution in [-0.2, 0) is 13.0 Å². The molecule has 2 rings (SSSR count). The molecule has 0 spiro atoms. The van der Waals surface area contributed by atoms with Gasteiger partial charge in [-0.05, 0) is 54.3 Å². The monoisotopic (exact) mass is 259 g/mol. The first-order valence-corrected chi connectivity index (χ1v) is 6.64. The molecule has 0 aliphatic rings. The van der Waals surface area contributed by atoms with E-state index in [1.54, 1.807) is 0 Å². The predicted octanol–water partition coefficient (Wildman–Crippen LogP) is 4.82. The van der Waals surface area contributed by atoms with Gasteiger partial charge in [-0.1, -0.05) is 36.7 Å². The lowest BCUT2D eigenvalue weighted by Gasteiger charge is -2.10. The highest BCUT2D eigenvalue weighted by molar-refractivity contribution is 6.30. The van der Waals surface area contributed by atoms with E-state index in [0.29, 0.717) is 0 Å². The van der Waals surface area contributed by atoms with Crippen molar-refractivity contribution in [1.82, 2.24) is 0 Å². The highest BCUT2D eigenvalue weighted by atomic mass is 35.5. The first kappa shape index (κ1) is 13.0. The molecule has 0 radical (unpaired) electrons. The summed E-state index contributed by atoms with van der Waals surface area (Å²) in [5.41, 5.74) is 5.11. The summed E-state index contributed by atoms with van der Waals surface area (Å²) >= 11 is 5.97. The van der Waals surface area contributed by atoms with Crippen LogP contribution in [0.1, 0.15) is 23.6 Å². The van der Waals surface area contributed by atoms with E-state index < -0.39 is 0 Å². The second kappa shape index (κ2) is 5.92. The van der Waals surface area contributed by atoms with E-state index in [1.807, 2.05) is 18.2 Å². The lowest BCUT2D eigenvalue weighted by molar-refractivity contribution is 1.09. The molecule has 0 heterocycles. The quantitative estimate of drug-likeness (QED) is 0.830. The molecule has 0 fully saturated rings. The lowest BCUT2D eigenvalue weighted by atomic mass is 10.1. The molecule has 2 aromatic rings. The SMILES string of the molecule is CCc1cc(NCc2cccc(Cl)c2)ccc1C. The molecule has 2 heteroatoms. The van der Waals surface area contributed by atoms with Crippen molar-refractivity contribution in [1.29, 1.82) is 0 Å². The zero-order valence-electron chi connectivity index (χ0n) is 10.8. The van der Waals surface area contributed by atoms with Gasteiger partial charge in [-0.15, -0.1) is 0 Å². The number of hydrogen-bond donors (Lipinski definition) is 1. The van der Waals surface area contributed by atoms with Crippen molar-refractivity contribution in [3.05, 3.63) is 64.2 Å². The predicted molar refractivity (Wildman–Crippen MR) is 79.3 cm³/mol. The minimum atomic E-state index is 0.785. The van der Waals surface area contributed by atoms with E-state index in [-0.39, 0.29) is 0 Å². The van der Waals surface area contributed by atoms with E-state index in [2.05, 4.69) is 43.4 Å². The van der Waals surface area contributed by atoms with Gasteiger partial charge in [0.1, 0.15) is 0 Å². The van der Waals surface area contributed by atoms with E-state index in [4.69, 9.17) is 11.6 Å². The highest BCUT2D eigenvalue weighted by Gasteiger charge is 1.99. The van der Waals surface area contributed by atoms with Gasteiger partial charge in [-0.2, -0.15) is 0 Å². The van der Waals surface area contributed by atoms with Gasteiger partial charge in [-0.3, -0.25) is 0 Å². The standard InChI is InChI=1S/C16H18ClN/c1-3-14-10-16(8-7-12(14)2)18-11-13-5-4-6-15(17)9-13/h4-10,18H,3,11H2,1-2H3. The summed E-state index contributed by atoms with van der Waals surface area (Å²) in [6.07, 6.45) is 1.07. The molecule has 1 N–H and O–H groups in total. The molecule has 18 heavy (non-hydrogen) atoms. The third-order valence-electron chi connectivity index (χ3n) is 3.12. The van der Waals surface area contributed by atoms with Crippen LogP contribution < -0.4 is 5.32 Å². The molecule has 0 amide bonds. The third-order valence-corrected chi connectivity index (χ3v) is 3.35. The summed E-state index contributed by atoms with van der Waals surface area (Å²) in [7, 11) is 0. The van der Waals surface area contributed by atoms with E-state index in [9.17, 15) is 0 Å². The molecule has 0 atom stereocenters. The Morgan fingerprint density at radius 3 is 2.67 bits per heavy atom. The maximum Gasteiger partial charge on any atom is 0.0409 e. The van der Waals surface area contributed by atoms with Crippen LogP contribution in [0, 0.1) is 6.92 Å². The molecule has 0 aliphatic carbocycles. The average Bonchev–Trinajstić information content (AvgIpc) is 2.38. The molecular weight excluding hydrogens is 242 g/mol. The molecule has 0 aliphatic heterocycles. The van der Waals surface area contributed by atoms with Crippen molar-refractivity contribution in [2.45, 2.75) is 26.8 Å². The molecule has 94 valence electrons. The van der Waals surface area contributed by atoms with Crippen molar-refractivity contribution in [2.24, 2.45) is 0 Å². The Balaban J connectivity index is 2.06. The summed E-state index contributed by atoms with van der Waals surface area (Å²) in [6.45, 7) is 5.13. The van der Waals surface area contributed by atoms with Crippen molar-refractivity contribution >= 4 is 17.3 Å². The molecule has 0 aromatic heterocycles. The highest BCUT2D eigenvalue weighted by Crippen LogP contribution is 2.17. The van der Waals surface area contributed by atoms with Gasteiger partial charge in [-0.25, -0.2) is 0 Å². The van der Waals surface area contributed by atoms with Crippen molar-refractivity contribution in [2.75, 3.05) is 5.32 Å². The number of aryl methyl sites for hydroxylation is 2. The third kappa shape index (κ3) is 3.27. The van der Waals surface area contributed by atoms with Crippen molar-refractivity contribution in [3.8, 4) is 0 Å². The fourth-order valence-electron chi connectivity index (χ4n) is 2.01. The normalized spacial score (nSPS) is 10.4. The van der Waals surface area contributed by atoms with Gasteiger partial charge < -0.3 is 5.32 Å². The van der Waals surface area contributed by atoms with Crippen LogP contribution in [-0.4, -0.2) is 0 Å². The van der Waals surface area contributed by atoms with Gasteiger partial charge in [0.2, 0.25) is 0 Å². The summed E-state index contributed by atoms with van der Waals surface area (Å²) in [5.74, 6) is 0. The molecular formula is C16H18ClN. The number of halogens is 1. The molecule has 1 nitrogen and oxygen atoms in total. The van der Waals surface area contributed by atoms with Crippen molar-refractivity contribution in [3.63, 3.8) is 0 Å². The Labute approximate surface area is 114 Å². The number of benzene rings is 2.